The number of hydrogen-bond donors (Lipinski definition) is 1. The average Bonchev–Trinajstić information content (AvgIpc) is 2.48. The van der Waals surface area contributed by atoms with Crippen molar-refractivity contribution in [3.8, 4) is 0 Å². The summed E-state index contributed by atoms with van der Waals surface area (Å²) in [6, 6.07) is 18.0. The maximum Gasteiger partial charge on any atom is 0.229 e. The number of hydrogen-bond acceptors (Lipinski definition) is 3. The molecule has 0 radical (unpaired) electrons. The monoisotopic (exact) mass is 332 g/mol. The fourth-order valence-corrected chi connectivity index (χ4v) is 3.05. The Morgan fingerprint density at radius 2 is 1.61 bits per heavy atom. The van der Waals surface area contributed by atoms with Gasteiger partial charge in [0.1, 0.15) is 0 Å². The SMILES string of the molecule is CN(CCCc1ccc(NS(C)(=O)=O)cc1)Cc1ccccc1. The van der Waals surface area contributed by atoms with E-state index < -0.39 is 10.0 Å². The summed E-state index contributed by atoms with van der Waals surface area (Å²) < 4.78 is 24.8. The smallest absolute Gasteiger partial charge is 0.229 e. The van der Waals surface area contributed by atoms with Crippen LogP contribution in [-0.4, -0.2) is 33.2 Å². The number of nitrogens with zero attached hydrogens (tertiary/aromatic N) is 1. The summed E-state index contributed by atoms with van der Waals surface area (Å²) in [6.45, 7) is 1.98. The van der Waals surface area contributed by atoms with Crippen LogP contribution in [0.15, 0.2) is 54.6 Å². The van der Waals surface area contributed by atoms with Crippen LogP contribution in [0, 0.1) is 0 Å². The van der Waals surface area contributed by atoms with Crippen molar-refractivity contribution in [3.05, 3.63) is 65.7 Å². The van der Waals surface area contributed by atoms with E-state index in [0.717, 1.165) is 32.2 Å². The van der Waals surface area contributed by atoms with Crippen LogP contribution in [0.2, 0.25) is 0 Å². The highest BCUT2D eigenvalue weighted by Crippen LogP contribution is 2.12. The highest BCUT2D eigenvalue weighted by Gasteiger charge is 2.03. The highest BCUT2D eigenvalue weighted by molar-refractivity contribution is 7.92. The molecular formula is C18H24N2O2S. The third-order valence-corrected chi connectivity index (χ3v) is 4.16. The summed E-state index contributed by atoms with van der Waals surface area (Å²) >= 11 is 0. The molecule has 0 saturated carbocycles. The van der Waals surface area contributed by atoms with Crippen LogP contribution < -0.4 is 4.72 Å². The lowest BCUT2D eigenvalue weighted by Gasteiger charge is -2.16. The van der Waals surface area contributed by atoms with Crippen LogP contribution in [0.25, 0.3) is 0 Å². The molecule has 0 fully saturated rings. The molecule has 0 bridgehead atoms. The van der Waals surface area contributed by atoms with Crippen molar-refractivity contribution >= 4 is 15.7 Å². The molecule has 5 heteroatoms. The average molecular weight is 332 g/mol. The van der Waals surface area contributed by atoms with Gasteiger partial charge < -0.3 is 4.90 Å². The van der Waals surface area contributed by atoms with Gasteiger partial charge in [-0.3, -0.25) is 4.72 Å². The third-order valence-electron chi connectivity index (χ3n) is 3.56. The van der Waals surface area contributed by atoms with E-state index in [1.54, 1.807) is 0 Å². The molecule has 23 heavy (non-hydrogen) atoms. The summed E-state index contributed by atoms with van der Waals surface area (Å²) in [7, 11) is -1.07. The second-order valence-corrected chi connectivity index (χ2v) is 7.65. The predicted molar refractivity (Wildman–Crippen MR) is 96.0 cm³/mol. The van der Waals surface area contributed by atoms with E-state index in [1.165, 1.54) is 11.1 Å². The van der Waals surface area contributed by atoms with Crippen LogP contribution in [-0.2, 0) is 23.0 Å². The number of sulfonamides is 1. The quantitative estimate of drug-likeness (QED) is 0.808. The van der Waals surface area contributed by atoms with Gasteiger partial charge in [0.2, 0.25) is 10.0 Å². The lowest BCUT2D eigenvalue weighted by atomic mass is 10.1. The van der Waals surface area contributed by atoms with Crippen molar-refractivity contribution in [1.82, 2.24) is 4.90 Å². The lowest BCUT2D eigenvalue weighted by molar-refractivity contribution is 0.322. The van der Waals surface area contributed by atoms with Crippen LogP contribution in [0.1, 0.15) is 17.5 Å². The van der Waals surface area contributed by atoms with Crippen molar-refractivity contribution in [2.75, 3.05) is 24.6 Å². The lowest BCUT2D eigenvalue weighted by Crippen LogP contribution is -2.19. The molecule has 0 heterocycles. The van der Waals surface area contributed by atoms with Gasteiger partial charge >= 0.3 is 0 Å². The minimum Gasteiger partial charge on any atom is -0.302 e. The van der Waals surface area contributed by atoms with Crippen molar-refractivity contribution in [2.24, 2.45) is 0 Å². The Morgan fingerprint density at radius 1 is 0.957 bits per heavy atom. The summed E-state index contributed by atoms with van der Waals surface area (Å²) in [4.78, 5) is 2.31. The zero-order valence-corrected chi connectivity index (χ0v) is 14.5. The minimum atomic E-state index is -3.20. The molecule has 0 aliphatic rings. The van der Waals surface area contributed by atoms with E-state index in [4.69, 9.17) is 0 Å². The molecule has 0 atom stereocenters. The molecule has 2 aromatic rings. The number of benzene rings is 2. The summed E-state index contributed by atoms with van der Waals surface area (Å²) in [5.41, 5.74) is 3.15. The van der Waals surface area contributed by atoms with Gasteiger partial charge in [0, 0.05) is 12.2 Å². The summed E-state index contributed by atoms with van der Waals surface area (Å²) in [5, 5.41) is 0. The molecule has 1 N–H and O–H groups in total. The van der Waals surface area contributed by atoms with Gasteiger partial charge in [-0.1, -0.05) is 42.5 Å². The first-order chi connectivity index (χ1) is 10.9. The molecular weight excluding hydrogens is 308 g/mol. The first-order valence-electron chi connectivity index (χ1n) is 7.71. The summed E-state index contributed by atoms with van der Waals surface area (Å²) in [6.07, 6.45) is 3.21. The number of aryl methyl sites for hydroxylation is 1. The Labute approximate surface area is 139 Å². The van der Waals surface area contributed by atoms with Gasteiger partial charge in [-0.15, -0.1) is 0 Å². The normalized spacial score (nSPS) is 11.6. The minimum absolute atomic E-state index is 0.609. The molecule has 2 rings (SSSR count). The molecule has 0 unspecified atom stereocenters. The molecule has 0 spiro atoms. The standard InChI is InChI=1S/C18H24N2O2S/c1-20(15-17-7-4-3-5-8-17)14-6-9-16-10-12-18(13-11-16)19-23(2,21)22/h3-5,7-8,10-13,19H,6,9,14-15H2,1-2H3. The highest BCUT2D eigenvalue weighted by atomic mass is 32.2. The second-order valence-electron chi connectivity index (χ2n) is 5.90. The Hall–Kier alpha value is -1.85. The van der Waals surface area contributed by atoms with E-state index in [0.29, 0.717) is 5.69 Å². The van der Waals surface area contributed by atoms with Crippen LogP contribution >= 0.6 is 0 Å². The van der Waals surface area contributed by atoms with Crippen molar-refractivity contribution < 1.29 is 8.42 Å². The molecule has 2 aromatic carbocycles. The maximum atomic E-state index is 11.2. The van der Waals surface area contributed by atoms with Gasteiger partial charge in [0.25, 0.3) is 0 Å². The number of rotatable bonds is 8. The van der Waals surface area contributed by atoms with Crippen LogP contribution in [0.4, 0.5) is 5.69 Å². The van der Waals surface area contributed by atoms with E-state index in [2.05, 4.69) is 40.9 Å². The van der Waals surface area contributed by atoms with Gasteiger partial charge in [-0.05, 0) is 49.7 Å². The fourth-order valence-electron chi connectivity index (χ4n) is 2.48. The maximum absolute atomic E-state index is 11.2. The largest absolute Gasteiger partial charge is 0.302 e. The van der Waals surface area contributed by atoms with Crippen LogP contribution in [0.5, 0.6) is 0 Å². The molecule has 0 amide bonds. The Morgan fingerprint density at radius 3 is 2.22 bits per heavy atom. The molecule has 0 aromatic heterocycles. The van der Waals surface area contributed by atoms with E-state index in [9.17, 15) is 8.42 Å². The van der Waals surface area contributed by atoms with Crippen molar-refractivity contribution in [1.29, 1.82) is 0 Å². The van der Waals surface area contributed by atoms with Gasteiger partial charge in [-0.25, -0.2) is 8.42 Å². The molecule has 4 nitrogen and oxygen atoms in total. The predicted octanol–water partition coefficient (Wildman–Crippen LogP) is 3.12. The fraction of sp³-hybridized carbons (Fsp3) is 0.333. The van der Waals surface area contributed by atoms with Crippen molar-refractivity contribution in [3.63, 3.8) is 0 Å². The zero-order chi connectivity index (χ0) is 16.7. The van der Waals surface area contributed by atoms with E-state index in [-0.39, 0.29) is 0 Å². The Kier molecular flexibility index (Phi) is 6.19. The molecule has 124 valence electrons. The number of nitrogens with one attached hydrogen (secondary N) is 1. The van der Waals surface area contributed by atoms with Crippen molar-refractivity contribution in [2.45, 2.75) is 19.4 Å². The molecule has 0 saturated heterocycles. The van der Waals surface area contributed by atoms with E-state index in [1.807, 2.05) is 30.3 Å². The van der Waals surface area contributed by atoms with Crippen LogP contribution in [0.3, 0.4) is 0 Å². The Bertz CT molecular complexity index is 698. The van der Waals surface area contributed by atoms with Gasteiger partial charge in [0.15, 0.2) is 0 Å². The van der Waals surface area contributed by atoms with Gasteiger partial charge in [-0.2, -0.15) is 0 Å². The van der Waals surface area contributed by atoms with Gasteiger partial charge in [0.05, 0.1) is 6.26 Å². The first kappa shape index (κ1) is 17.5. The second kappa shape index (κ2) is 8.13. The Balaban J connectivity index is 1.75. The third kappa shape index (κ3) is 6.84. The topological polar surface area (TPSA) is 49.4 Å². The zero-order valence-electron chi connectivity index (χ0n) is 13.7. The molecule has 0 aliphatic carbocycles. The van der Waals surface area contributed by atoms with E-state index >= 15 is 0 Å². The first-order valence-corrected chi connectivity index (χ1v) is 9.61. The summed E-state index contributed by atoms with van der Waals surface area (Å²) in [5.74, 6) is 0. The molecule has 0 aliphatic heterocycles. The number of anilines is 1.